The molecular weight excluding hydrogens is 599 g/mol. The molecule has 4 aromatic rings. The van der Waals surface area contributed by atoms with Crippen molar-refractivity contribution in [2.45, 2.75) is 45.1 Å². The maximum absolute atomic E-state index is 15.4. The second-order valence-electron chi connectivity index (χ2n) is 12.5. The number of piperazine rings is 1. The van der Waals surface area contributed by atoms with Gasteiger partial charge in [-0.2, -0.15) is 5.21 Å². The lowest BCUT2D eigenvalue weighted by Crippen LogP contribution is -2.52. The molecule has 1 saturated heterocycles. The molecule has 0 unspecified atom stereocenters. The van der Waals surface area contributed by atoms with Gasteiger partial charge < -0.3 is 21.7 Å². The van der Waals surface area contributed by atoms with Crippen LogP contribution in [0.4, 0.5) is 15.9 Å². The molecule has 2 aromatic carbocycles. The number of nitrogens with zero attached hydrogens (tertiary/aromatic N) is 6. The van der Waals surface area contributed by atoms with Gasteiger partial charge in [0.1, 0.15) is 17.7 Å². The van der Waals surface area contributed by atoms with E-state index < -0.39 is 17.8 Å². The Hall–Kier alpha value is -4.75. The van der Waals surface area contributed by atoms with Crippen molar-refractivity contribution in [2.75, 3.05) is 42.5 Å². The van der Waals surface area contributed by atoms with Crippen molar-refractivity contribution in [3.05, 3.63) is 71.7 Å². The first kappa shape index (κ1) is 32.2. The van der Waals surface area contributed by atoms with E-state index in [-0.39, 0.29) is 35.3 Å². The summed E-state index contributed by atoms with van der Waals surface area (Å²) in [7, 11) is 0. The van der Waals surface area contributed by atoms with Crippen molar-refractivity contribution < 1.29 is 14.0 Å². The fourth-order valence-electron chi connectivity index (χ4n) is 6.69. The number of aryl methyl sites for hydroxylation is 1. The minimum Gasteiger partial charge on any atom is -0.368 e. The number of aromatic amines is 1. The lowest BCUT2D eigenvalue weighted by atomic mass is 9.81. The number of aromatic nitrogens is 5. The maximum atomic E-state index is 15.4. The molecule has 13 heteroatoms. The Bertz CT molecular complexity index is 1680. The largest absolute Gasteiger partial charge is 0.368 e. The van der Waals surface area contributed by atoms with E-state index in [0.717, 1.165) is 67.1 Å². The second kappa shape index (κ2) is 14.3. The van der Waals surface area contributed by atoms with E-state index in [1.54, 1.807) is 6.07 Å². The van der Waals surface area contributed by atoms with Crippen molar-refractivity contribution in [3.63, 3.8) is 0 Å². The van der Waals surface area contributed by atoms with Crippen LogP contribution in [0.25, 0.3) is 22.5 Å². The van der Waals surface area contributed by atoms with Gasteiger partial charge in [0, 0.05) is 56.0 Å². The number of benzene rings is 2. The van der Waals surface area contributed by atoms with Crippen LogP contribution in [0.3, 0.4) is 0 Å². The molecule has 47 heavy (non-hydrogen) atoms. The molecule has 12 nitrogen and oxygen atoms in total. The maximum Gasteiger partial charge on any atom is 0.240 e. The first-order valence-electron chi connectivity index (χ1n) is 16.2. The average Bonchev–Trinajstić information content (AvgIpc) is 3.63. The standard InChI is InChI=1S/C34H41FN10O2/c1-21-16-31(44-14-12-38-13-15-44)39-20-28(21)24-6-2-22(3-7-24)17-30(32(37)46)45(34(47)25-8-4-23(19-36)5-9-25)26-10-11-27(29(35)18-26)33-40-42-43-41-33/h2-3,6-7,10-11,16,18,20,23,25,30,38H,4-5,8-9,12-15,17,19,36H2,1H3,(H2,37,46)(H,40,41,42,43)/t23?,25?,30-/m0/s1. The molecular formula is C34H41FN10O2. The van der Waals surface area contributed by atoms with E-state index in [1.807, 2.05) is 30.5 Å². The van der Waals surface area contributed by atoms with Gasteiger partial charge in [-0.1, -0.05) is 24.3 Å². The molecule has 246 valence electrons. The monoisotopic (exact) mass is 640 g/mol. The van der Waals surface area contributed by atoms with Crippen molar-refractivity contribution >= 4 is 23.3 Å². The number of amides is 2. The summed E-state index contributed by atoms with van der Waals surface area (Å²) < 4.78 is 15.4. The summed E-state index contributed by atoms with van der Waals surface area (Å²) in [6.45, 7) is 6.37. The zero-order chi connectivity index (χ0) is 32.9. The first-order chi connectivity index (χ1) is 22.8. The summed E-state index contributed by atoms with van der Waals surface area (Å²) in [6.07, 6.45) is 4.98. The lowest BCUT2D eigenvalue weighted by Gasteiger charge is -2.35. The van der Waals surface area contributed by atoms with E-state index in [0.29, 0.717) is 25.3 Å². The minimum atomic E-state index is -1.04. The molecule has 1 aliphatic heterocycles. The number of pyridine rings is 1. The predicted octanol–water partition coefficient (Wildman–Crippen LogP) is 2.98. The van der Waals surface area contributed by atoms with Gasteiger partial charge in [-0.3, -0.25) is 14.5 Å². The number of halogens is 1. The van der Waals surface area contributed by atoms with Gasteiger partial charge in [0.05, 0.1) is 5.56 Å². The van der Waals surface area contributed by atoms with Gasteiger partial charge in [0.15, 0.2) is 0 Å². The Labute approximate surface area is 273 Å². The zero-order valence-electron chi connectivity index (χ0n) is 26.5. The quantitative estimate of drug-likeness (QED) is 0.203. The molecule has 0 bridgehead atoms. The van der Waals surface area contributed by atoms with Crippen LogP contribution in [0.5, 0.6) is 0 Å². The van der Waals surface area contributed by atoms with Crippen LogP contribution < -0.4 is 26.6 Å². The van der Waals surface area contributed by atoms with E-state index in [4.69, 9.17) is 16.5 Å². The third-order valence-electron chi connectivity index (χ3n) is 9.46. The minimum absolute atomic E-state index is 0.0856. The van der Waals surface area contributed by atoms with Crippen LogP contribution >= 0.6 is 0 Å². The molecule has 2 amide bonds. The number of nitrogens with two attached hydrogens (primary N) is 2. The second-order valence-corrected chi connectivity index (χ2v) is 12.5. The Morgan fingerprint density at radius 3 is 2.40 bits per heavy atom. The Kier molecular flexibility index (Phi) is 9.83. The Balaban J connectivity index is 1.27. The summed E-state index contributed by atoms with van der Waals surface area (Å²) in [5.41, 5.74) is 16.2. The molecule has 0 spiro atoms. The number of carbonyl (C=O) groups excluding carboxylic acids is 2. The van der Waals surface area contributed by atoms with E-state index in [9.17, 15) is 9.59 Å². The number of anilines is 2. The summed E-state index contributed by atoms with van der Waals surface area (Å²) in [5.74, 6) is -0.487. The van der Waals surface area contributed by atoms with Crippen LogP contribution in [0, 0.1) is 24.6 Å². The van der Waals surface area contributed by atoms with Gasteiger partial charge >= 0.3 is 0 Å². The molecule has 0 radical (unpaired) electrons. The smallest absolute Gasteiger partial charge is 0.240 e. The summed E-state index contributed by atoms with van der Waals surface area (Å²) in [4.78, 5) is 35.7. The molecule has 6 N–H and O–H groups in total. The zero-order valence-corrected chi connectivity index (χ0v) is 26.5. The summed E-state index contributed by atoms with van der Waals surface area (Å²) in [6, 6.07) is 13.2. The summed E-state index contributed by atoms with van der Waals surface area (Å²) >= 11 is 0. The third-order valence-corrected chi connectivity index (χ3v) is 9.46. The number of hydrogen-bond acceptors (Lipinski definition) is 9. The highest BCUT2D eigenvalue weighted by atomic mass is 19.1. The molecule has 2 fully saturated rings. The molecule has 1 aliphatic carbocycles. The number of tetrazole rings is 1. The molecule has 2 aliphatic rings. The number of H-pyrrole nitrogens is 1. The molecule has 6 rings (SSSR count). The molecule has 2 aromatic heterocycles. The number of rotatable bonds is 10. The topological polar surface area (TPSA) is 172 Å². The number of hydrogen-bond donors (Lipinski definition) is 4. The fraction of sp³-hybridized carbons (Fsp3) is 0.412. The number of carbonyl (C=O) groups is 2. The summed E-state index contributed by atoms with van der Waals surface area (Å²) in [5, 5.41) is 16.9. The predicted molar refractivity (Wildman–Crippen MR) is 178 cm³/mol. The van der Waals surface area contributed by atoms with Crippen LogP contribution in [-0.4, -0.2) is 76.2 Å². The highest BCUT2D eigenvalue weighted by Gasteiger charge is 2.36. The highest BCUT2D eigenvalue weighted by Crippen LogP contribution is 2.34. The highest BCUT2D eigenvalue weighted by molar-refractivity contribution is 6.01. The van der Waals surface area contributed by atoms with Gasteiger partial charge in [0.25, 0.3) is 0 Å². The lowest BCUT2D eigenvalue weighted by molar-refractivity contribution is -0.127. The van der Waals surface area contributed by atoms with Crippen molar-refractivity contribution in [1.82, 2.24) is 30.9 Å². The van der Waals surface area contributed by atoms with E-state index in [1.165, 1.54) is 17.0 Å². The Morgan fingerprint density at radius 1 is 1.04 bits per heavy atom. The number of primary amides is 1. The van der Waals surface area contributed by atoms with Crippen LogP contribution in [-0.2, 0) is 16.0 Å². The van der Waals surface area contributed by atoms with Gasteiger partial charge in [-0.25, -0.2) is 9.37 Å². The number of nitrogens with one attached hydrogen (secondary N) is 2. The van der Waals surface area contributed by atoms with Crippen LogP contribution in [0.15, 0.2) is 54.7 Å². The normalized spacial score (nSPS) is 18.9. The molecule has 1 saturated carbocycles. The van der Waals surface area contributed by atoms with Crippen LogP contribution in [0.2, 0.25) is 0 Å². The van der Waals surface area contributed by atoms with E-state index in [2.05, 4.69) is 43.8 Å². The molecule has 1 atom stereocenters. The average molecular weight is 641 g/mol. The van der Waals surface area contributed by atoms with Crippen LogP contribution in [0.1, 0.15) is 36.8 Å². The molecule has 3 heterocycles. The van der Waals surface area contributed by atoms with Crippen molar-refractivity contribution in [2.24, 2.45) is 23.3 Å². The third kappa shape index (κ3) is 7.15. The van der Waals surface area contributed by atoms with Gasteiger partial charge in [-0.05, 0) is 91.2 Å². The fourth-order valence-corrected chi connectivity index (χ4v) is 6.69. The van der Waals surface area contributed by atoms with E-state index >= 15 is 4.39 Å². The van der Waals surface area contributed by atoms with Gasteiger partial charge in [0.2, 0.25) is 17.6 Å². The van der Waals surface area contributed by atoms with Crippen molar-refractivity contribution in [1.29, 1.82) is 0 Å². The van der Waals surface area contributed by atoms with Crippen molar-refractivity contribution in [3.8, 4) is 22.5 Å². The SMILES string of the molecule is Cc1cc(N2CCNCC2)ncc1-c1ccc(C[C@@H](C(N)=O)N(C(=O)C2CCC(CN)CC2)c2ccc(-c3nn[nH]n3)c(F)c2)cc1. The van der Waals surface area contributed by atoms with Gasteiger partial charge in [-0.15, -0.1) is 10.2 Å². The first-order valence-corrected chi connectivity index (χ1v) is 16.2. The Morgan fingerprint density at radius 2 is 1.79 bits per heavy atom.